The summed E-state index contributed by atoms with van der Waals surface area (Å²) in [5.74, 6) is 0.862. The molecule has 1 N–H and O–H groups in total. The summed E-state index contributed by atoms with van der Waals surface area (Å²) in [6.07, 6.45) is 1.64. The van der Waals surface area contributed by atoms with Crippen LogP contribution in [0.4, 0.5) is 0 Å². The van der Waals surface area contributed by atoms with E-state index in [9.17, 15) is 0 Å². The predicted molar refractivity (Wildman–Crippen MR) is 48.7 cm³/mol. The molecule has 0 aliphatic heterocycles. The van der Waals surface area contributed by atoms with E-state index < -0.39 is 0 Å². The minimum absolute atomic E-state index is 0. The number of nitrogens with one attached hydrogen (secondary N) is 1. The average molecular weight is 227 g/mol. The van der Waals surface area contributed by atoms with Crippen LogP contribution in [0.1, 0.15) is 5.56 Å². The van der Waals surface area contributed by atoms with E-state index in [4.69, 9.17) is 4.74 Å². The second-order valence-electron chi connectivity index (χ2n) is 2.91. The molecule has 1 aromatic heterocycles. The van der Waals surface area contributed by atoms with Gasteiger partial charge in [-0.2, -0.15) is 4.68 Å². The van der Waals surface area contributed by atoms with Crippen molar-refractivity contribution in [1.82, 2.24) is 15.5 Å². The molecule has 80 valence electrons. The fourth-order valence-electron chi connectivity index (χ4n) is 1.20. The third-order valence-corrected chi connectivity index (χ3v) is 1.93. The van der Waals surface area contributed by atoms with Gasteiger partial charge in [0, 0.05) is 0 Å². The number of aromatic nitrogens is 4. The van der Waals surface area contributed by atoms with Crippen LogP contribution in [0.15, 0.2) is 30.6 Å². The van der Waals surface area contributed by atoms with Crippen LogP contribution in [-0.4, -0.2) is 22.6 Å². The highest BCUT2D eigenvalue weighted by atomic mass is 35.5. The van der Waals surface area contributed by atoms with E-state index in [0.29, 0.717) is 0 Å². The van der Waals surface area contributed by atoms with Crippen LogP contribution in [-0.2, 0) is 6.54 Å². The molecule has 0 atom stereocenters. The lowest BCUT2D eigenvalue weighted by atomic mass is 10.2. The first-order valence-corrected chi connectivity index (χ1v) is 4.27. The lowest BCUT2D eigenvalue weighted by Gasteiger charge is -2.00. The summed E-state index contributed by atoms with van der Waals surface area (Å²) in [5, 5.41) is 10.0. The third-order valence-electron chi connectivity index (χ3n) is 1.93. The van der Waals surface area contributed by atoms with E-state index in [2.05, 4.69) is 15.5 Å². The fourth-order valence-corrected chi connectivity index (χ4v) is 1.20. The standard InChI is InChI=1S/C9H10N4O.ClH/c1-14-9-4-2-8(3-5-9)6-13-7-10-11-12-13;/h2-5,7H,6H2,1H3;1H. The molecule has 1 aromatic carbocycles. The van der Waals surface area contributed by atoms with Crippen molar-refractivity contribution in [2.24, 2.45) is 0 Å². The monoisotopic (exact) mass is 226 g/mol. The van der Waals surface area contributed by atoms with Crippen LogP contribution in [0.25, 0.3) is 0 Å². The van der Waals surface area contributed by atoms with Crippen LogP contribution < -0.4 is 21.8 Å². The maximum absolute atomic E-state index is 5.07. The van der Waals surface area contributed by atoms with Crippen LogP contribution in [0, 0.1) is 0 Å². The zero-order chi connectivity index (χ0) is 9.80. The quantitative estimate of drug-likeness (QED) is 0.574. The van der Waals surface area contributed by atoms with Gasteiger partial charge >= 0.3 is 0 Å². The lowest BCUT2D eigenvalue weighted by Crippen LogP contribution is -3.00. The molecule has 0 unspecified atom stereocenters. The molecule has 2 rings (SSSR count). The van der Waals surface area contributed by atoms with Gasteiger partial charge in [0.05, 0.1) is 7.11 Å². The van der Waals surface area contributed by atoms with Crippen molar-refractivity contribution in [2.75, 3.05) is 7.11 Å². The summed E-state index contributed by atoms with van der Waals surface area (Å²) in [7, 11) is 1.66. The number of halogens is 1. The Hall–Kier alpha value is -1.62. The Bertz CT molecular complexity index is 387. The minimum Gasteiger partial charge on any atom is -1.00 e. The van der Waals surface area contributed by atoms with E-state index >= 15 is 0 Å². The number of hydrogen-bond acceptors (Lipinski definition) is 3. The SMILES string of the molecule is COc1ccc(C[n+]2cnn[nH]2)cc1.[Cl-]. The zero-order valence-corrected chi connectivity index (χ0v) is 8.98. The van der Waals surface area contributed by atoms with Crippen molar-refractivity contribution < 1.29 is 21.8 Å². The Kier molecular flexibility index (Phi) is 4.05. The Labute approximate surface area is 93.5 Å². The van der Waals surface area contributed by atoms with Crippen LogP contribution in [0.2, 0.25) is 0 Å². The van der Waals surface area contributed by atoms with Crippen molar-refractivity contribution in [2.45, 2.75) is 6.54 Å². The summed E-state index contributed by atoms with van der Waals surface area (Å²) < 4.78 is 6.86. The molecule has 6 heteroatoms. The van der Waals surface area contributed by atoms with Gasteiger partial charge in [-0.3, -0.25) is 0 Å². The van der Waals surface area contributed by atoms with Gasteiger partial charge in [-0.1, -0.05) is 17.3 Å². The van der Waals surface area contributed by atoms with Gasteiger partial charge < -0.3 is 17.1 Å². The van der Waals surface area contributed by atoms with Gasteiger partial charge in [0.2, 0.25) is 0 Å². The highest BCUT2D eigenvalue weighted by Crippen LogP contribution is 2.10. The molecule has 2 aromatic rings. The topological polar surface area (TPSA) is 54.7 Å². The fraction of sp³-hybridized carbons (Fsp3) is 0.222. The zero-order valence-electron chi connectivity index (χ0n) is 8.22. The molecule has 0 radical (unpaired) electrons. The number of rotatable bonds is 3. The smallest absolute Gasteiger partial charge is 0.288 e. The normalized spacial score (nSPS) is 9.40. The predicted octanol–water partition coefficient (Wildman–Crippen LogP) is -2.85. The maximum Gasteiger partial charge on any atom is 0.288 e. The van der Waals surface area contributed by atoms with Gasteiger partial charge in [-0.15, -0.1) is 0 Å². The van der Waals surface area contributed by atoms with E-state index in [-0.39, 0.29) is 12.4 Å². The van der Waals surface area contributed by atoms with E-state index in [0.717, 1.165) is 12.3 Å². The average Bonchev–Trinajstić information content (AvgIpc) is 2.72. The van der Waals surface area contributed by atoms with Crippen LogP contribution in [0.5, 0.6) is 5.75 Å². The molecule has 0 saturated carbocycles. The van der Waals surface area contributed by atoms with Crippen molar-refractivity contribution in [3.8, 4) is 5.75 Å². The van der Waals surface area contributed by atoms with Gasteiger partial charge in [-0.05, 0) is 17.7 Å². The molecule has 0 bridgehead atoms. The van der Waals surface area contributed by atoms with Crippen molar-refractivity contribution in [1.29, 1.82) is 0 Å². The Morgan fingerprint density at radius 3 is 2.60 bits per heavy atom. The maximum atomic E-state index is 5.07. The molecule has 0 fully saturated rings. The first-order chi connectivity index (χ1) is 6.88. The van der Waals surface area contributed by atoms with E-state index in [1.165, 1.54) is 5.56 Å². The lowest BCUT2D eigenvalue weighted by molar-refractivity contribution is -0.746. The minimum atomic E-state index is 0. The van der Waals surface area contributed by atoms with Crippen molar-refractivity contribution >= 4 is 0 Å². The highest BCUT2D eigenvalue weighted by Gasteiger charge is 2.00. The summed E-state index contributed by atoms with van der Waals surface area (Å²) in [6.45, 7) is 0.733. The van der Waals surface area contributed by atoms with E-state index in [1.807, 2.05) is 24.3 Å². The summed E-state index contributed by atoms with van der Waals surface area (Å²) in [5.41, 5.74) is 1.17. The van der Waals surface area contributed by atoms with Crippen molar-refractivity contribution in [3.05, 3.63) is 36.2 Å². The van der Waals surface area contributed by atoms with E-state index in [1.54, 1.807) is 18.1 Å². The number of aromatic amines is 1. The number of tetrazole rings is 1. The molecule has 0 saturated heterocycles. The Morgan fingerprint density at radius 2 is 2.07 bits per heavy atom. The number of ether oxygens (including phenoxy) is 1. The summed E-state index contributed by atoms with van der Waals surface area (Å²) in [6, 6.07) is 7.87. The second-order valence-corrected chi connectivity index (χ2v) is 2.91. The van der Waals surface area contributed by atoms with Crippen LogP contribution in [0.3, 0.4) is 0 Å². The van der Waals surface area contributed by atoms with Crippen molar-refractivity contribution in [3.63, 3.8) is 0 Å². The first-order valence-electron chi connectivity index (χ1n) is 4.27. The molecule has 0 aliphatic rings. The second kappa shape index (κ2) is 5.31. The number of hydrogen-bond donors (Lipinski definition) is 1. The molecule has 0 aliphatic carbocycles. The molecule has 5 nitrogen and oxygen atoms in total. The van der Waals surface area contributed by atoms with Gasteiger partial charge in [0.1, 0.15) is 17.4 Å². The molecule has 1 heterocycles. The highest BCUT2D eigenvalue weighted by molar-refractivity contribution is 5.26. The summed E-state index contributed by atoms with van der Waals surface area (Å²) in [4.78, 5) is 0. The number of methoxy groups -OCH3 is 1. The van der Waals surface area contributed by atoms with Gasteiger partial charge in [-0.25, -0.2) is 0 Å². The summed E-state index contributed by atoms with van der Waals surface area (Å²) >= 11 is 0. The first kappa shape index (κ1) is 11.5. The number of H-pyrrole nitrogens is 1. The van der Waals surface area contributed by atoms with Gasteiger partial charge in [0.15, 0.2) is 5.21 Å². The molecule has 15 heavy (non-hydrogen) atoms. The van der Waals surface area contributed by atoms with Gasteiger partial charge in [0.25, 0.3) is 6.33 Å². The molecular formula is C9H11ClN4O. The number of benzene rings is 1. The number of nitrogens with zero attached hydrogens (tertiary/aromatic N) is 3. The Morgan fingerprint density at radius 1 is 1.33 bits per heavy atom. The molecule has 0 amide bonds. The molecular weight excluding hydrogens is 216 g/mol. The largest absolute Gasteiger partial charge is 1.00 e. The third kappa shape index (κ3) is 2.92. The van der Waals surface area contributed by atoms with Crippen LogP contribution >= 0.6 is 0 Å². The Balaban J connectivity index is 0.00000112. The molecule has 0 spiro atoms.